The number of rotatable bonds is 2. The summed E-state index contributed by atoms with van der Waals surface area (Å²) < 4.78 is 0. The number of imidazole rings is 1. The highest BCUT2D eigenvalue weighted by atomic mass is 16.2. The van der Waals surface area contributed by atoms with E-state index < -0.39 is 0 Å². The maximum Gasteiger partial charge on any atom is 0.252 e. The van der Waals surface area contributed by atoms with Crippen molar-refractivity contribution in [3.8, 4) is 0 Å². The molecule has 0 atom stereocenters. The lowest BCUT2D eigenvalue weighted by molar-refractivity contribution is -0.123. The van der Waals surface area contributed by atoms with Gasteiger partial charge in [0.15, 0.2) is 0 Å². The number of hydrogen-bond acceptors (Lipinski definition) is 3. The first kappa shape index (κ1) is 9.39. The molecule has 0 bridgehead atoms. The predicted octanol–water partition coefficient (Wildman–Crippen LogP) is 0.807. The average molecular weight is 202 g/mol. The van der Waals surface area contributed by atoms with Crippen LogP contribution in [0.25, 0.3) is 6.08 Å². The summed E-state index contributed by atoms with van der Waals surface area (Å²) in [5.41, 5.74) is 0.729. The first-order valence-electron chi connectivity index (χ1n) is 4.50. The van der Waals surface area contributed by atoms with Crippen molar-refractivity contribution < 1.29 is 4.79 Å². The van der Waals surface area contributed by atoms with Crippen molar-refractivity contribution in [2.45, 2.75) is 0 Å². The molecule has 0 aromatic carbocycles. The number of hydrogen-bond donors (Lipinski definition) is 1. The van der Waals surface area contributed by atoms with Crippen molar-refractivity contribution in [1.82, 2.24) is 14.9 Å². The molecule has 1 aromatic heterocycles. The van der Waals surface area contributed by atoms with E-state index in [9.17, 15) is 4.79 Å². The van der Waals surface area contributed by atoms with E-state index in [0.717, 1.165) is 5.69 Å². The summed E-state index contributed by atoms with van der Waals surface area (Å²) in [6, 6.07) is 0. The highest BCUT2D eigenvalue weighted by Gasteiger charge is 2.07. The molecule has 0 radical (unpaired) electrons. The van der Waals surface area contributed by atoms with Gasteiger partial charge in [-0.3, -0.25) is 14.7 Å². The molecule has 1 amide bonds. The van der Waals surface area contributed by atoms with Crippen LogP contribution in [0.3, 0.4) is 0 Å². The molecule has 76 valence electrons. The van der Waals surface area contributed by atoms with Crippen LogP contribution >= 0.6 is 0 Å². The number of aliphatic imine (C=N–C) groups is 1. The van der Waals surface area contributed by atoms with Gasteiger partial charge in [0.2, 0.25) is 0 Å². The lowest BCUT2D eigenvalue weighted by atomic mass is 10.3. The Morgan fingerprint density at radius 3 is 3.20 bits per heavy atom. The van der Waals surface area contributed by atoms with Gasteiger partial charge in [-0.05, 0) is 12.2 Å². The molecule has 2 rings (SSSR count). The number of nitrogens with zero attached hydrogens (tertiary/aromatic N) is 3. The third kappa shape index (κ3) is 2.40. The van der Waals surface area contributed by atoms with E-state index in [1.165, 1.54) is 11.0 Å². The highest BCUT2D eigenvalue weighted by Crippen LogP contribution is 2.00. The second kappa shape index (κ2) is 4.36. The Hall–Kier alpha value is -2.17. The zero-order valence-electron chi connectivity index (χ0n) is 8.00. The van der Waals surface area contributed by atoms with Gasteiger partial charge in [0.25, 0.3) is 5.91 Å². The summed E-state index contributed by atoms with van der Waals surface area (Å²) in [5, 5.41) is 0. The lowest BCUT2D eigenvalue weighted by Gasteiger charge is -2.15. The molecule has 0 saturated carbocycles. The van der Waals surface area contributed by atoms with Gasteiger partial charge in [-0.1, -0.05) is 0 Å². The summed E-state index contributed by atoms with van der Waals surface area (Å²) >= 11 is 0. The molecule has 0 saturated heterocycles. The van der Waals surface area contributed by atoms with Crippen LogP contribution in [0.15, 0.2) is 35.9 Å². The third-order valence-corrected chi connectivity index (χ3v) is 1.89. The molecular weight excluding hydrogens is 192 g/mol. The highest BCUT2D eigenvalue weighted by molar-refractivity contribution is 5.93. The van der Waals surface area contributed by atoms with Gasteiger partial charge in [-0.15, -0.1) is 0 Å². The monoisotopic (exact) mass is 202 g/mol. The van der Waals surface area contributed by atoms with Gasteiger partial charge in [0.1, 0.15) is 6.67 Å². The third-order valence-electron chi connectivity index (χ3n) is 1.89. The van der Waals surface area contributed by atoms with Crippen LogP contribution in [0.5, 0.6) is 0 Å². The number of aromatic amines is 1. The summed E-state index contributed by atoms with van der Waals surface area (Å²) in [5.74, 6) is -0.105. The van der Waals surface area contributed by atoms with Crippen molar-refractivity contribution in [3.05, 3.63) is 36.6 Å². The van der Waals surface area contributed by atoms with Gasteiger partial charge < -0.3 is 4.98 Å². The van der Waals surface area contributed by atoms with Gasteiger partial charge in [-0.25, -0.2) is 4.98 Å². The molecule has 5 heteroatoms. The SMILES string of the molecule is O=C(C=Cc1c[nH]cn1)N1C=CC=NC1. The Balaban J connectivity index is 1.98. The molecule has 15 heavy (non-hydrogen) atoms. The Morgan fingerprint density at radius 1 is 1.60 bits per heavy atom. The Morgan fingerprint density at radius 2 is 2.53 bits per heavy atom. The first-order valence-corrected chi connectivity index (χ1v) is 4.50. The summed E-state index contributed by atoms with van der Waals surface area (Å²) in [7, 11) is 0. The van der Waals surface area contributed by atoms with E-state index >= 15 is 0 Å². The van der Waals surface area contributed by atoms with Crippen LogP contribution in [0.4, 0.5) is 0 Å². The van der Waals surface area contributed by atoms with Crippen molar-refractivity contribution in [1.29, 1.82) is 0 Å². The van der Waals surface area contributed by atoms with Crippen molar-refractivity contribution >= 4 is 18.2 Å². The summed E-state index contributed by atoms with van der Waals surface area (Å²) in [4.78, 5) is 23.8. The fourth-order valence-electron chi connectivity index (χ4n) is 1.14. The zero-order chi connectivity index (χ0) is 10.5. The standard InChI is InChI=1S/C10H10N4O/c15-10(14-5-1-4-11-8-14)3-2-9-6-12-7-13-9/h1-7H,8H2,(H,12,13). The predicted molar refractivity (Wildman–Crippen MR) is 57.0 cm³/mol. The smallest absolute Gasteiger partial charge is 0.252 e. The van der Waals surface area contributed by atoms with Crippen LogP contribution in [0, 0.1) is 0 Å². The number of amides is 1. The van der Waals surface area contributed by atoms with Crippen LogP contribution in [-0.4, -0.2) is 33.7 Å². The van der Waals surface area contributed by atoms with Crippen LogP contribution in [0.2, 0.25) is 0 Å². The molecule has 0 unspecified atom stereocenters. The Kier molecular flexibility index (Phi) is 2.73. The molecular formula is C10H10N4O. The Labute approximate surface area is 86.8 Å². The van der Waals surface area contributed by atoms with Gasteiger partial charge in [-0.2, -0.15) is 0 Å². The normalized spacial score (nSPS) is 15.1. The van der Waals surface area contributed by atoms with E-state index in [4.69, 9.17) is 0 Å². The molecule has 0 fully saturated rings. The summed E-state index contributed by atoms with van der Waals surface area (Å²) in [6.45, 7) is 0.375. The van der Waals surface area contributed by atoms with Gasteiger partial charge >= 0.3 is 0 Å². The van der Waals surface area contributed by atoms with Gasteiger partial charge in [0.05, 0.1) is 12.0 Å². The number of aromatic nitrogens is 2. The minimum Gasteiger partial charge on any atom is -0.351 e. The maximum atomic E-state index is 11.6. The largest absolute Gasteiger partial charge is 0.351 e. The second-order valence-corrected chi connectivity index (χ2v) is 2.95. The zero-order valence-corrected chi connectivity index (χ0v) is 8.00. The van der Waals surface area contributed by atoms with E-state index in [0.29, 0.717) is 6.67 Å². The fraction of sp³-hybridized carbons (Fsp3) is 0.100. The van der Waals surface area contributed by atoms with Crippen molar-refractivity contribution in [2.24, 2.45) is 4.99 Å². The molecule has 1 N–H and O–H groups in total. The quantitative estimate of drug-likeness (QED) is 0.721. The maximum absolute atomic E-state index is 11.6. The molecule has 1 aromatic rings. The van der Waals surface area contributed by atoms with Gasteiger partial charge in [0, 0.05) is 24.7 Å². The topological polar surface area (TPSA) is 61.4 Å². The van der Waals surface area contributed by atoms with Crippen molar-refractivity contribution in [2.75, 3.05) is 6.67 Å². The molecule has 0 aliphatic carbocycles. The number of H-pyrrole nitrogens is 1. The second-order valence-electron chi connectivity index (χ2n) is 2.95. The van der Waals surface area contributed by atoms with Crippen LogP contribution < -0.4 is 0 Å². The number of carbonyl (C=O) groups is 1. The van der Waals surface area contributed by atoms with E-state index in [1.54, 1.807) is 37.1 Å². The molecule has 1 aliphatic rings. The average Bonchev–Trinajstić information content (AvgIpc) is 2.80. The summed E-state index contributed by atoms with van der Waals surface area (Å²) in [6.07, 6.45) is 11.5. The number of nitrogens with one attached hydrogen (secondary N) is 1. The molecule has 5 nitrogen and oxygen atoms in total. The van der Waals surface area contributed by atoms with Crippen LogP contribution in [-0.2, 0) is 4.79 Å². The minimum atomic E-state index is -0.105. The van der Waals surface area contributed by atoms with E-state index in [-0.39, 0.29) is 5.91 Å². The Bertz CT molecular complexity index is 417. The number of carbonyl (C=O) groups excluding carboxylic acids is 1. The lowest BCUT2D eigenvalue weighted by Crippen LogP contribution is -2.25. The molecule has 1 aliphatic heterocycles. The molecule has 0 spiro atoms. The minimum absolute atomic E-state index is 0.105. The first-order chi connectivity index (χ1) is 7.36. The fourth-order valence-corrected chi connectivity index (χ4v) is 1.14. The van der Waals surface area contributed by atoms with E-state index in [1.807, 2.05) is 0 Å². The number of allylic oxidation sites excluding steroid dienone is 1. The molecule has 2 heterocycles. The van der Waals surface area contributed by atoms with Crippen LogP contribution in [0.1, 0.15) is 5.69 Å². The van der Waals surface area contributed by atoms with E-state index in [2.05, 4.69) is 15.0 Å². The van der Waals surface area contributed by atoms with Crippen molar-refractivity contribution in [3.63, 3.8) is 0 Å².